The summed E-state index contributed by atoms with van der Waals surface area (Å²) in [5.74, 6) is -0.0894. The molecule has 1 aliphatic rings. The summed E-state index contributed by atoms with van der Waals surface area (Å²) in [4.78, 5) is 20.9. The number of rotatable bonds is 6. The van der Waals surface area contributed by atoms with Gasteiger partial charge in [-0.2, -0.15) is 4.31 Å². The van der Waals surface area contributed by atoms with E-state index >= 15 is 0 Å². The van der Waals surface area contributed by atoms with Gasteiger partial charge in [-0.25, -0.2) is 13.4 Å². The number of carbonyl (C=O) groups excluding carboxylic acids is 1. The summed E-state index contributed by atoms with van der Waals surface area (Å²) in [5.41, 5.74) is 4.02. The van der Waals surface area contributed by atoms with Gasteiger partial charge < -0.3 is 14.8 Å². The first-order chi connectivity index (χ1) is 16.8. The van der Waals surface area contributed by atoms with Gasteiger partial charge in [0.1, 0.15) is 10.6 Å². The van der Waals surface area contributed by atoms with E-state index in [0.717, 1.165) is 22.2 Å². The summed E-state index contributed by atoms with van der Waals surface area (Å²) in [7, 11) is -3.72. The maximum absolute atomic E-state index is 13.3. The van der Waals surface area contributed by atoms with Crippen LogP contribution < -0.4 is 5.32 Å². The van der Waals surface area contributed by atoms with Gasteiger partial charge in [0.05, 0.1) is 23.4 Å². The van der Waals surface area contributed by atoms with Crippen molar-refractivity contribution in [3.8, 4) is 0 Å². The number of nitrogens with zero attached hydrogens (tertiary/aromatic N) is 3. The highest BCUT2D eigenvalue weighted by atomic mass is 32.2. The quantitative estimate of drug-likeness (QED) is 0.424. The molecular weight excluding hydrogens is 466 g/mol. The van der Waals surface area contributed by atoms with E-state index in [9.17, 15) is 13.2 Å². The molecule has 1 saturated heterocycles. The Kier molecular flexibility index (Phi) is 6.16. The van der Waals surface area contributed by atoms with Crippen molar-refractivity contribution >= 4 is 27.0 Å². The van der Waals surface area contributed by atoms with E-state index in [1.807, 2.05) is 48.5 Å². The van der Waals surface area contributed by atoms with Crippen molar-refractivity contribution in [3.63, 3.8) is 0 Å². The molecule has 9 nitrogen and oxygen atoms in total. The third kappa shape index (κ3) is 4.46. The number of amides is 1. The number of hydrogen-bond acceptors (Lipinski definition) is 6. The van der Waals surface area contributed by atoms with Crippen LogP contribution in [0.15, 0.2) is 64.3 Å². The summed E-state index contributed by atoms with van der Waals surface area (Å²) in [6, 6.07) is 15.4. The van der Waals surface area contributed by atoms with Crippen LogP contribution in [0.25, 0.3) is 11.0 Å². The van der Waals surface area contributed by atoms with Crippen molar-refractivity contribution in [2.75, 3.05) is 13.1 Å². The first kappa shape index (κ1) is 23.3. The van der Waals surface area contributed by atoms with Gasteiger partial charge >= 0.3 is 0 Å². The largest absolute Gasteiger partial charge is 0.360 e. The minimum absolute atomic E-state index is 0.0852. The molecule has 1 atom stereocenters. The number of fused-ring (bicyclic) bond motifs is 1. The fraction of sp³-hybridized carbons (Fsp3) is 0.320. The number of carbonyl (C=O) groups is 1. The monoisotopic (exact) mass is 493 g/mol. The number of imidazole rings is 1. The number of nitrogens with one attached hydrogen (secondary N) is 2. The van der Waals surface area contributed by atoms with Gasteiger partial charge in [0.25, 0.3) is 0 Å². The highest BCUT2D eigenvalue weighted by Gasteiger charge is 2.36. The summed E-state index contributed by atoms with van der Waals surface area (Å²) >= 11 is 0. The van der Waals surface area contributed by atoms with E-state index in [0.29, 0.717) is 18.5 Å². The molecule has 0 saturated carbocycles. The third-order valence-electron chi connectivity index (χ3n) is 6.59. The van der Waals surface area contributed by atoms with Crippen molar-refractivity contribution in [2.24, 2.45) is 5.92 Å². The minimum Gasteiger partial charge on any atom is -0.360 e. The molecule has 0 radical (unpaired) electrons. The number of aromatic amines is 1. The lowest BCUT2D eigenvalue weighted by Gasteiger charge is -2.31. The minimum atomic E-state index is -3.72. The van der Waals surface area contributed by atoms with Gasteiger partial charge in [0, 0.05) is 19.0 Å². The molecule has 0 bridgehead atoms. The Morgan fingerprint density at radius 3 is 2.54 bits per heavy atom. The van der Waals surface area contributed by atoms with E-state index < -0.39 is 10.0 Å². The molecule has 1 amide bonds. The lowest BCUT2D eigenvalue weighted by molar-refractivity contribution is -0.126. The average Bonchev–Trinajstić information content (AvgIpc) is 3.48. The summed E-state index contributed by atoms with van der Waals surface area (Å²) in [6.45, 7) is 3.74. The Hall–Kier alpha value is -3.50. The SMILES string of the molecule is Cc1noc(C)c1S(=O)(=O)N1CCC(C(=O)NC(c2ccccc2)c2ccc3nc[nH]c3c2)CC1. The molecule has 2 N–H and O–H groups in total. The van der Waals surface area contributed by atoms with Crippen molar-refractivity contribution < 1.29 is 17.7 Å². The number of benzene rings is 2. The molecule has 1 fully saturated rings. The van der Waals surface area contributed by atoms with Crippen molar-refractivity contribution in [1.29, 1.82) is 0 Å². The summed E-state index contributed by atoms with van der Waals surface area (Å²) in [5, 5.41) is 6.98. The van der Waals surface area contributed by atoms with Crippen LogP contribution >= 0.6 is 0 Å². The predicted molar refractivity (Wildman–Crippen MR) is 130 cm³/mol. The second-order valence-corrected chi connectivity index (χ2v) is 10.7. The molecule has 1 aliphatic heterocycles. The molecule has 1 unspecified atom stereocenters. The Morgan fingerprint density at radius 2 is 1.86 bits per heavy atom. The van der Waals surface area contributed by atoms with Crippen LogP contribution in [0.2, 0.25) is 0 Å². The van der Waals surface area contributed by atoms with Gasteiger partial charge in [-0.3, -0.25) is 4.79 Å². The maximum atomic E-state index is 13.3. The molecule has 182 valence electrons. The zero-order valence-electron chi connectivity index (χ0n) is 19.6. The van der Waals surface area contributed by atoms with Crippen LogP contribution in [0.3, 0.4) is 0 Å². The maximum Gasteiger partial charge on any atom is 0.248 e. The van der Waals surface area contributed by atoms with Crippen LogP contribution in [0.1, 0.15) is 41.5 Å². The van der Waals surface area contributed by atoms with Crippen molar-refractivity contribution in [1.82, 2.24) is 24.7 Å². The van der Waals surface area contributed by atoms with Crippen LogP contribution in [0, 0.1) is 19.8 Å². The Labute approximate surface area is 203 Å². The fourth-order valence-corrected chi connectivity index (χ4v) is 6.49. The molecule has 10 heteroatoms. The third-order valence-corrected chi connectivity index (χ3v) is 8.73. The molecule has 0 aliphatic carbocycles. The van der Waals surface area contributed by atoms with E-state index in [1.54, 1.807) is 20.2 Å². The smallest absolute Gasteiger partial charge is 0.248 e. The molecule has 4 aromatic rings. The standard InChI is InChI=1S/C25H27N5O4S/c1-16-24(17(2)34-29-16)35(32,33)30-12-10-19(11-13-30)25(31)28-23(18-6-4-3-5-7-18)20-8-9-21-22(14-20)27-15-26-21/h3-9,14-15,19,23H,10-13H2,1-2H3,(H,26,27)(H,28,31). The number of sulfonamides is 1. The molecule has 35 heavy (non-hydrogen) atoms. The topological polar surface area (TPSA) is 121 Å². The second kappa shape index (κ2) is 9.27. The van der Waals surface area contributed by atoms with Gasteiger partial charge in [0.15, 0.2) is 5.76 Å². The van der Waals surface area contributed by atoms with Crippen LogP contribution in [-0.2, 0) is 14.8 Å². The first-order valence-electron chi connectivity index (χ1n) is 11.6. The van der Waals surface area contributed by atoms with Gasteiger partial charge in [-0.05, 0) is 49.9 Å². The highest BCUT2D eigenvalue weighted by molar-refractivity contribution is 7.89. The number of aryl methyl sites for hydroxylation is 2. The summed E-state index contributed by atoms with van der Waals surface area (Å²) < 4.78 is 32.7. The van der Waals surface area contributed by atoms with Crippen LogP contribution in [0.4, 0.5) is 0 Å². The van der Waals surface area contributed by atoms with E-state index in [-0.39, 0.29) is 41.6 Å². The number of piperidine rings is 1. The summed E-state index contributed by atoms with van der Waals surface area (Å²) in [6.07, 6.45) is 2.53. The Balaban J connectivity index is 1.32. The Bertz CT molecular complexity index is 1430. The molecule has 3 heterocycles. The normalized spacial score (nSPS) is 16.4. The second-order valence-electron chi connectivity index (χ2n) is 8.86. The van der Waals surface area contributed by atoms with E-state index in [4.69, 9.17) is 4.52 Å². The predicted octanol–water partition coefficient (Wildman–Crippen LogP) is 3.47. The molecule has 0 spiro atoms. The zero-order valence-corrected chi connectivity index (χ0v) is 20.4. The average molecular weight is 494 g/mol. The number of hydrogen-bond donors (Lipinski definition) is 2. The van der Waals surface area contributed by atoms with Crippen LogP contribution in [0.5, 0.6) is 0 Å². The van der Waals surface area contributed by atoms with Crippen molar-refractivity contribution in [3.05, 3.63) is 77.4 Å². The Morgan fingerprint density at radius 1 is 1.11 bits per heavy atom. The fourth-order valence-electron chi connectivity index (χ4n) is 4.73. The molecule has 5 rings (SSSR count). The molecule has 2 aromatic carbocycles. The molecule has 2 aromatic heterocycles. The number of aromatic nitrogens is 3. The van der Waals surface area contributed by atoms with E-state index in [2.05, 4.69) is 20.4 Å². The number of H-pyrrole nitrogens is 1. The van der Waals surface area contributed by atoms with Crippen LogP contribution in [-0.4, -0.2) is 46.8 Å². The molecular formula is C25H27N5O4S. The van der Waals surface area contributed by atoms with Gasteiger partial charge in [-0.1, -0.05) is 41.6 Å². The van der Waals surface area contributed by atoms with Gasteiger partial charge in [0.2, 0.25) is 15.9 Å². The van der Waals surface area contributed by atoms with Gasteiger partial charge in [-0.15, -0.1) is 0 Å². The zero-order chi connectivity index (χ0) is 24.6. The van der Waals surface area contributed by atoms with Crippen molar-refractivity contribution in [2.45, 2.75) is 37.6 Å². The van der Waals surface area contributed by atoms with E-state index in [1.165, 1.54) is 4.31 Å². The highest BCUT2D eigenvalue weighted by Crippen LogP contribution is 2.29. The first-order valence-corrected chi connectivity index (χ1v) is 13.0. The lowest BCUT2D eigenvalue weighted by atomic mass is 9.94. The lowest BCUT2D eigenvalue weighted by Crippen LogP contribution is -2.44.